The van der Waals surface area contributed by atoms with Crippen molar-refractivity contribution in [3.8, 4) is 0 Å². The third-order valence-electron chi connectivity index (χ3n) is 4.35. The Bertz CT molecular complexity index is 654. The lowest BCUT2D eigenvalue weighted by molar-refractivity contribution is 0.633. The van der Waals surface area contributed by atoms with E-state index in [9.17, 15) is 0 Å². The fourth-order valence-corrected chi connectivity index (χ4v) is 2.99. The summed E-state index contributed by atoms with van der Waals surface area (Å²) in [5.41, 5.74) is 0. The standard InChI is InChI=1S/C18H27N7/c1-3-4-5-7-19-16-14-17(23-15(2)22-16)24-10-12-25(13-11-24)18-20-8-6-9-21-18/h6,8-9,14H,3-5,7,10-13H2,1-2H3,(H,19,22,23). The van der Waals surface area contributed by atoms with E-state index in [-0.39, 0.29) is 0 Å². The number of hydrogen-bond acceptors (Lipinski definition) is 7. The van der Waals surface area contributed by atoms with Crippen LogP contribution < -0.4 is 15.1 Å². The monoisotopic (exact) mass is 341 g/mol. The van der Waals surface area contributed by atoms with Gasteiger partial charge in [0.2, 0.25) is 5.95 Å². The van der Waals surface area contributed by atoms with Crippen molar-refractivity contribution in [3.05, 3.63) is 30.4 Å². The lowest BCUT2D eigenvalue weighted by Gasteiger charge is -2.35. The molecule has 0 radical (unpaired) electrons. The lowest BCUT2D eigenvalue weighted by Crippen LogP contribution is -2.47. The van der Waals surface area contributed by atoms with Gasteiger partial charge >= 0.3 is 0 Å². The molecule has 2 aromatic heterocycles. The molecule has 3 heterocycles. The Labute approximate surface area is 149 Å². The summed E-state index contributed by atoms with van der Waals surface area (Å²) in [4.78, 5) is 22.3. The van der Waals surface area contributed by atoms with E-state index in [0.29, 0.717) is 0 Å². The minimum absolute atomic E-state index is 0.805. The second-order valence-corrected chi connectivity index (χ2v) is 6.32. The number of aromatic nitrogens is 4. The molecule has 25 heavy (non-hydrogen) atoms. The first-order valence-electron chi connectivity index (χ1n) is 9.12. The molecule has 7 nitrogen and oxygen atoms in total. The van der Waals surface area contributed by atoms with Gasteiger partial charge in [0.25, 0.3) is 0 Å². The highest BCUT2D eigenvalue weighted by Crippen LogP contribution is 2.19. The summed E-state index contributed by atoms with van der Waals surface area (Å²) in [5, 5.41) is 3.43. The zero-order valence-corrected chi connectivity index (χ0v) is 15.1. The van der Waals surface area contributed by atoms with E-state index in [1.165, 1.54) is 19.3 Å². The van der Waals surface area contributed by atoms with E-state index in [4.69, 9.17) is 0 Å². The molecule has 134 valence electrons. The van der Waals surface area contributed by atoms with Gasteiger partial charge in [-0.05, 0) is 19.4 Å². The minimum Gasteiger partial charge on any atom is -0.370 e. The van der Waals surface area contributed by atoms with Crippen LogP contribution >= 0.6 is 0 Å². The molecule has 0 bridgehead atoms. The molecule has 1 aliphatic heterocycles. The molecular formula is C18H27N7. The minimum atomic E-state index is 0.805. The summed E-state index contributed by atoms with van der Waals surface area (Å²) in [6, 6.07) is 3.91. The van der Waals surface area contributed by atoms with E-state index in [0.717, 1.165) is 56.1 Å². The summed E-state index contributed by atoms with van der Waals surface area (Å²) in [6.07, 6.45) is 7.22. The molecule has 1 aliphatic rings. The van der Waals surface area contributed by atoms with Crippen molar-refractivity contribution in [2.24, 2.45) is 0 Å². The molecule has 0 aliphatic carbocycles. The fraction of sp³-hybridized carbons (Fsp3) is 0.556. The van der Waals surface area contributed by atoms with Crippen LogP contribution in [0.25, 0.3) is 0 Å². The van der Waals surface area contributed by atoms with Gasteiger partial charge < -0.3 is 15.1 Å². The van der Waals surface area contributed by atoms with Crippen molar-refractivity contribution in [2.45, 2.75) is 33.1 Å². The predicted octanol–water partition coefficient (Wildman–Crippen LogP) is 2.50. The number of nitrogens with zero attached hydrogens (tertiary/aromatic N) is 6. The van der Waals surface area contributed by atoms with Crippen LogP contribution in [-0.4, -0.2) is 52.7 Å². The zero-order valence-electron chi connectivity index (χ0n) is 15.1. The molecule has 0 unspecified atom stereocenters. The first kappa shape index (κ1) is 17.4. The summed E-state index contributed by atoms with van der Waals surface area (Å²) in [6.45, 7) is 8.73. The third kappa shape index (κ3) is 4.78. The van der Waals surface area contributed by atoms with Crippen molar-refractivity contribution in [1.82, 2.24) is 19.9 Å². The molecule has 0 spiro atoms. The van der Waals surface area contributed by atoms with Crippen LogP contribution in [0, 0.1) is 6.92 Å². The maximum atomic E-state index is 4.62. The van der Waals surface area contributed by atoms with Gasteiger partial charge in [0.15, 0.2) is 0 Å². The van der Waals surface area contributed by atoms with E-state index in [2.05, 4.69) is 48.0 Å². The van der Waals surface area contributed by atoms with Gasteiger partial charge in [0, 0.05) is 51.2 Å². The van der Waals surface area contributed by atoms with Crippen molar-refractivity contribution in [1.29, 1.82) is 0 Å². The predicted molar refractivity (Wildman–Crippen MR) is 101 cm³/mol. The van der Waals surface area contributed by atoms with Gasteiger partial charge in [-0.1, -0.05) is 19.8 Å². The fourth-order valence-electron chi connectivity index (χ4n) is 2.99. The van der Waals surface area contributed by atoms with Gasteiger partial charge in [0.05, 0.1) is 0 Å². The number of nitrogens with one attached hydrogen (secondary N) is 1. The van der Waals surface area contributed by atoms with Gasteiger partial charge in [-0.2, -0.15) is 0 Å². The summed E-state index contributed by atoms with van der Waals surface area (Å²) in [7, 11) is 0. The molecule has 0 aromatic carbocycles. The molecule has 1 N–H and O–H groups in total. The number of piperazine rings is 1. The highest BCUT2D eigenvalue weighted by atomic mass is 15.3. The highest BCUT2D eigenvalue weighted by Gasteiger charge is 2.20. The third-order valence-corrected chi connectivity index (χ3v) is 4.35. The quantitative estimate of drug-likeness (QED) is 0.776. The van der Waals surface area contributed by atoms with Crippen LogP contribution in [0.15, 0.2) is 24.5 Å². The van der Waals surface area contributed by atoms with Crippen LogP contribution in [0.1, 0.15) is 32.0 Å². The van der Waals surface area contributed by atoms with Crippen molar-refractivity contribution >= 4 is 17.6 Å². The number of rotatable bonds is 7. The molecule has 0 saturated carbocycles. The van der Waals surface area contributed by atoms with Crippen molar-refractivity contribution in [2.75, 3.05) is 47.8 Å². The first-order valence-corrected chi connectivity index (χ1v) is 9.12. The Morgan fingerprint density at radius 2 is 1.72 bits per heavy atom. The largest absolute Gasteiger partial charge is 0.370 e. The Hall–Kier alpha value is -2.44. The van der Waals surface area contributed by atoms with Crippen molar-refractivity contribution < 1.29 is 0 Å². The number of unbranched alkanes of at least 4 members (excludes halogenated alkanes) is 2. The molecule has 1 fully saturated rings. The Morgan fingerprint density at radius 3 is 2.44 bits per heavy atom. The molecule has 1 saturated heterocycles. The summed E-state index contributed by atoms with van der Waals surface area (Å²) >= 11 is 0. The molecule has 7 heteroatoms. The average Bonchev–Trinajstić information content (AvgIpc) is 2.66. The van der Waals surface area contributed by atoms with Gasteiger partial charge in [-0.3, -0.25) is 0 Å². The van der Waals surface area contributed by atoms with E-state index >= 15 is 0 Å². The smallest absolute Gasteiger partial charge is 0.225 e. The number of anilines is 3. The Morgan fingerprint density at radius 1 is 1.00 bits per heavy atom. The average molecular weight is 341 g/mol. The van der Waals surface area contributed by atoms with Gasteiger partial charge in [0.1, 0.15) is 17.5 Å². The maximum absolute atomic E-state index is 4.62. The molecular weight excluding hydrogens is 314 g/mol. The van der Waals surface area contributed by atoms with Crippen LogP contribution in [-0.2, 0) is 0 Å². The zero-order chi connectivity index (χ0) is 17.5. The second kappa shape index (κ2) is 8.60. The number of hydrogen-bond donors (Lipinski definition) is 1. The van der Waals surface area contributed by atoms with E-state index in [1.54, 1.807) is 12.4 Å². The van der Waals surface area contributed by atoms with Crippen LogP contribution in [0.2, 0.25) is 0 Å². The van der Waals surface area contributed by atoms with E-state index < -0.39 is 0 Å². The maximum Gasteiger partial charge on any atom is 0.225 e. The molecule has 0 atom stereocenters. The Kier molecular flexibility index (Phi) is 5.98. The second-order valence-electron chi connectivity index (χ2n) is 6.32. The first-order chi connectivity index (χ1) is 12.3. The van der Waals surface area contributed by atoms with Crippen LogP contribution in [0.4, 0.5) is 17.6 Å². The van der Waals surface area contributed by atoms with Crippen molar-refractivity contribution in [3.63, 3.8) is 0 Å². The summed E-state index contributed by atoms with van der Waals surface area (Å²) in [5.74, 6) is 3.54. The SMILES string of the molecule is CCCCCNc1cc(N2CCN(c3ncccn3)CC2)nc(C)n1. The molecule has 3 rings (SSSR count). The lowest BCUT2D eigenvalue weighted by atomic mass is 10.2. The summed E-state index contributed by atoms with van der Waals surface area (Å²) < 4.78 is 0. The topological polar surface area (TPSA) is 70.1 Å². The van der Waals surface area contributed by atoms with Crippen LogP contribution in [0.3, 0.4) is 0 Å². The highest BCUT2D eigenvalue weighted by molar-refractivity contribution is 5.50. The van der Waals surface area contributed by atoms with Gasteiger partial charge in [-0.15, -0.1) is 0 Å². The molecule has 0 amide bonds. The Balaban J connectivity index is 1.60. The normalized spacial score (nSPS) is 14.6. The van der Waals surface area contributed by atoms with Gasteiger partial charge in [-0.25, -0.2) is 19.9 Å². The molecule has 2 aromatic rings. The number of aryl methyl sites for hydroxylation is 1. The van der Waals surface area contributed by atoms with E-state index in [1.807, 2.05) is 13.0 Å². The van der Waals surface area contributed by atoms with Crippen LogP contribution in [0.5, 0.6) is 0 Å².